The molecule has 1 unspecified atom stereocenters. The van der Waals surface area contributed by atoms with E-state index < -0.39 is 0 Å². The van der Waals surface area contributed by atoms with Crippen LogP contribution in [0, 0.1) is 0 Å². The fourth-order valence-corrected chi connectivity index (χ4v) is 4.70. The van der Waals surface area contributed by atoms with E-state index in [1.54, 1.807) is 13.4 Å². The summed E-state index contributed by atoms with van der Waals surface area (Å²) in [7, 11) is 1.68. The highest BCUT2D eigenvalue weighted by Crippen LogP contribution is 2.30. The molecule has 3 heterocycles. The SMILES string of the molecule is COc1ccc(C[NH+](Cc2nc3scc(-c4ccco4)c3c(=O)[nH]2)C2CC2)cc1. The fraction of sp³-hybridized carbons (Fsp3) is 0.273. The van der Waals surface area contributed by atoms with Gasteiger partial charge in [0.25, 0.3) is 5.56 Å². The first-order valence-electron chi connectivity index (χ1n) is 9.73. The Morgan fingerprint density at radius 1 is 1.24 bits per heavy atom. The van der Waals surface area contributed by atoms with Crippen molar-refractivity contribution in [2.75, 3.05) is 7.11 Å². The van der Waals surface area contributed by atoms with Gasteiger partial charge in [-0.2, -0.15) is 0 Å². The molecular weight excluding hydrogens is 386 g/mol. The van der Waals surface area contributed by atoms with E-state index in [0.717, 1.165) is 28.5 Å². The topological polar surface area (TPSA) is 72.6 Å². The smallest absolute Gasteiger partial charge is 0.260 e. The van der Waals surface area contributed by atoms with Gasteiger partial charge in [0, 0.05) is 29.3 Å². The summed E-state index contributed by atoms with van der Waals surface area (Å²) in [4.78, 5) is 22.8. The molecule has 7 heteroatoms. The van der Waals surface area contributed by atoms with Crippen LogP contribution in [0.1, 0.15) is 24.2 Å². The minimum Gasteiger partial charge on any atom is -0.497 e. The molecule has 0 amide bonds. The third kappa shape index (κ3) is 3.71. The first-order chi connectivity index (χ1) is 14.2. The van der Waals surface area contributed by atoms with Crippen molar-refractivity contribution in [1.82, 2.24) is 9.97 Å². The van der Waals surface area contributed by atoms with Crippen LogP contribution in [0.15, 0.2) is 57.3 Å². The summed E-state index contributed by atoms with van der Waals surface area (Å²) < 4.78 is 10.7. The van der Waals surface area contributed by atoms with Crippen LogP contribution >= 0.6 is 11.3 Å². The molecule has 0 aliphatic heterocycles. The van der Waals surface area contributed by atoms with Crippen molar-refractivity contribution < 1.29 is 14.1 Å². The van der Waals surface area contributed by atoms with Gasteiger partial charge in [0.1, 0.15) is 29.4 Å². The number of methoxy groups -OCH3 is 1. The van der Waals surface area contributed by atoms with Gasteiger partial charge in [-0.1, -0.05) is 0 Å². The Labute approximate surface area is 171 Å². The van der Waals surface area contributed by atoms with Gasteiger partial charge in [0.15, 0.2) is 5.82 Å². The lowest BCUT2D eigenvalue weighted by molar-refractivity contribution is -0.939. The number of thiophene rings is 1. The maximum Gasteiger partial charge on any atom is 0.260 e. The van der Waals surface area contributed by atoms with E-state index in [0.29, 0.717) is 23.7 Å². The highest BCUT2D eigenvalue weighted by atomic mass is 32.1. The van der Waals surface area contributed by atoms with Crippen LogP contribution in [0.3, 0.4) is 0 Å². The van der Waals surface area contributed by atoms with Gasteiger partial charge < -0.3 is 19.0 Å². The Morgan fingerprint density at radius 3 is 2.76 bits per heavy atom. The number of furan rings is 1. The molecule has 3 aromatic heterocycles. The van der Waals surface area contributed by atoms with Gasteiger partial charge in [0.2, 0.25) is 0 Å². The zero-order valence-electron chi connectivity index (χ0n) is 16.1. The molecule has 1 aliphatic carbocycles. The molecule has 1 fully saturated rings. The minimum atomic E-state index is -0.0998. The van der Waals surface area contributed by atoms with Crippen molar-refractivity contribution in [2.45, 2.75) is 32.0 Å². The number of aromatic nitrogens is 2. The third-order valence-corrected chi connectivity index (χ3v) is 6.29. The Morgan fingerprint density at radius 2 is 2.07 bits per heavy atom. The second-order valence-electron chi connectivity index (χ2n) is 7.45. The van der Waals surface area contributed by atoms with Crippen molar-refractivity contribution in [3.8, 4) is 17.1 Å². The minimum absolute atomic E-state index is 0.0998. The van der Waals surface area contributed by atoms with E-state index in [1.807, 2.05) is 29.6 Å². The Kier molecular flexibility index (Phi) is 4.69. The molecule has 0 spiro atoms. The van der Waals surface area contributed by atoms with Crippen LogP contribution in [0.2, 0.25) is 0 Å². The first kappa shape index (κ1) is 18.1. The number of aromatic amines is 1. The zero-order chi connectivity index (χ0) is 19.8. The normalized spacial score (nSPS) is 14.9. The van der Waals surface area contributed by atoms with Gasteiger partial charge >= 0.3 is 0 Å². The van der Waals surface area contributed by atoms with Gasteiger partial charge in [-0.05, 0) is 36.4 Å². The summed E-state index contributed by atoms with van der Waals surface area (Å²) in [5, 5.41) is 2.55. The number of quaternary nitrogens is 1. The highest BCUT2D eigenvalue weighted by molar-refractivity contribution is 7.17. The molecule has 1 atom stereocenters. The lowest BCUT2D eigenvalue weighted by Crippen LogP contribution is -3.10. The summed E-state index contributed by atoms with van der Waals surface area (Å²) in [5.74, 6) is 2.30. The molecule has 1 aromatic carbocycles. The number of hydrogen-bond donors (Lipinski definition) is 2. The van der Waals surface area contributed by atoms with E-state index in [1.165, 1.54) is 34.6 Å². The number of rotatable bonds is 7. The molecule has 2 N–H and O–H groups in total. The summed E-state index contributed by atoms with van der Waals surface area (Å²) in [6, 6.07) is 12.5. The number of H-pyrrole nitrogens is 1. The molecule has 6 nitrogen and oxygen atoms in total. The largest absolute Gasteiger partial charge is 0.497 e. The molecule has 0 bridgehead atoms. The fourth-order valence-electron chi connectivity index (χ4n) is 3.75. The third-order valence-electron chi connectivity index (χ3n) is 5.42. The average molecular weight is 409 g/mol. The number of hydrogen-bond acceptors (Lipinski definition) is 5. The van der Waals surface area contributed by atoms with Crippen molar-refractivity contribution in [3.05, 3.63) is 69.8 Å². The molecule has 0 saturated heterocycles. The Hall–Kier alpha value is -2.90. The number of benzene rings is 1. The van der Waals surface area contributed by atoms with Crippen LogP contribution in [0.25, 0.3) is 21.5 Å². The lowest BCUT2D eigenvalue weighted by Gasteiger charge is -2.19. The van der Waals surface area contributed by atoms with Crippen LogP contribution in [-0.4, -0.2) is 23.1 Å². The quantitative estimate of drug-likeness (QED) is 0.493. The Bertz CT molecular complexity index is 1170. The van der Waals surface area contributed by atoms with Gasteiger partial charge in [0.05, 0.1) is 24.8 Å². The highest BCUT2D eigenvalue weighted by Gasteiger charge is 2.34. The van der Waals surface area contributed by atoms with Crippen molar-refractivity contribution >= 4 is 21.6 Å². The standard InChI is InChI=1S/C22H21N3O3S/c1-27-16-8-4-14(5-9-16)11-25(15-6-7-15)12-19-23-21(26)20-17(13-29-22(20)24-19)18-3-2-10-28-18/h2-5,8-10,13,15H,6-7,11-12H2,1H3,(H,23,24,26)/p+1. The molecular formula is C22H22N3O3S+. The predicted molar refractivity (Wildman–Crippen MR) is 112 cm³/mol. The molecule has 1 saturated carbocycles. The maximum atomic E-state index is 12.8. The van der Waals surface area contributed by atoms with Crippen LogP contribution in [0.4, 0.5) is 0 Å². The summed E-state index contributed by atoms with van der Waals surface area (Å²) >= 11 is 1.49. The monoisotopic (exact) mass is 408 g/mol. The van der Waals surface area contributed by atoms with Gasteiger partial charge in [-0.3, -0.25) is 4.79 Å². The number of nitrogens with zero attached hydrogens (tertiary/aromatic N) is 1. The van der Waals surface area contributed by atoms with Gasteiger partial charge in [-0.25, -0.2) is 4.98 Å². The van der Waals surface area contributed by atoms with Crippen LogP contribution in [-0.2, 0) is 13.1 Å². The summed E-state index contributed by atoms with van der Waals surface area (Å²) in [6.45, 7) is 1.61. The van der Waals surface area contributed by atoms with Crippen molar-refractivity contribution in [1.29, 1.82) is 0 Å². The molecule has 1 aliphatic rings. The number of ether oxygens (including phenoxy) is 1. The van der Waals surface area contributed by atoms with Crippen molar-refractivity contribution in [3.63, 3.8) is 0 Å². The lowest BCUT2D eigenvalue weighted by atomic mass is 10.2. The van der Waals surface area contributed by atoms with E-state index >= 15 is 0 Å². The molecule has 5 rings (SSSR count). The molecule has 0 radical (unpaired) electrons. The molecule has 4 aromatic rings. The molecule has 148 valence electrons. The summed E-state index contributed by atoms with van der Waals surface area (Å²) in [6.07, 6.45) is 4.06. The van der Waals surface area contributed by atoms with Crippen LogP contribution in [0.5, 0.6) is 5.75 Å². The predicted octanol–water partition coefficient (Wildman–Crippen LogP) is 3.00. The maximum absolute atomic E-state index is 12.8. The second kappa shape index (κ2) is 7.50. The zero-order valence-corrected chi connectivity index (χ0v) is 16.9. The number of fused-ring (bicyclic) bond motifs is 1. The van der Waals surface area contributed by atoms with Crippen LogP contribution < -0.4 is 15.2 Å². The van der Waals surface area contributed by atoms with E-state index in [9.17, 15) is 4.79 Å². The average Bonchev–Trinajstić information content (AvgIpc) is 3.26. The Balaban J connectivity index is 1.41. The number of nitrogens with one attached hydrogen (secondary N) is 2. The van der Waals surface area contributed by atoms with Gasteiger partial charge in [-0.15, -0.1) is 11.3 Å². The summed E-state index contributed by atoms with van der Waals surface area (Å²) in [5.41, 5.74) is 1.96. The van der Waals surface area contributed by atoms with Crippen molar-refractivity contribution in [2.24, 2.45) is 0 Å². The van der Waals surface area contributed by atoms with E-state index in [2.05, 4.69) is 17.1 Å². The first-order valence-corrected chi connectivity index (χ1v) is 10.6. The van der Waals surface area contributed by atoms with E-state index in [4.69, 9.17) is 14.1 Å². The second-order valence-corrected chi connectivity index (χ2v) is 8.31. The van der Waals surface area contributed by atoms with E-state index in [-0.39, 0.29) is 5.56 Å². The molecule has 29 heavy (non-hydrogen) atoms.